The molecule has 1 aromatic carbocycles. The lowest BCUT2D eigenvalue weighted by Crippen LogP contribution is -1.76. The molecule has 1 heterocycles. The zero-order valence-corrected chi connectivity index (χ0v) is 9.39. The predicted molar refractivity (Wildman–Crippen MR) is 63.1 cm³/mol. The van der Waals surface area contributed by atoms with Gasteiger partial charge in [0, 0.05) is 11.3 Å². The topological polar surface area (TPSA) is 12.9 Å². The molecular weight excluding hydrogens is 217 g/mol. The Morgan fingerprint density at radius 2 is 1.79 bits per heavy atom. The van der Waals surface area contributed by atoms with Crippen LogP contribution in [0, 0.1) is 0 Å². The molecule has 3 heteroatoms. The number of rotatable bonds is 0. The van der Waals surface area contributed by atoms with E-state index in [1.807, 2.05) is 37.3 Å². The summed E-state index contributed by atoms with van der Waals surface area (Å²) >= 11 is 10.7. The summed E-state index contributed by atoms with van der Waals surface area (Å²) in [6, 6.07) is 11.7. The van der Waals surface area contributed by atoms with Gasteiger partial charge in [-0.15, -0.1) is 11.6 Å². The molecule has 1 aromatic heterocycles. The summed E-state index contributed by atoms with van der Waals surface area (Å²) in [5, 5.41) is 1.67. The van der Waals surface area contributed by atoms with Crippen molar-refractivity contribution in [1.29, 1.82) is 0 Å². The molecule has 0 spiro atoms. The number of halogens is 2. The van der Waals surface area contributed by atoms with Gasteiger partial charge in [-0.25, -0.2) is 4.98 Å². The first-order chi connectivity index (χ1) is 6.77. The summed E-state index contributed by atoms with van der Waals surface area (Å²) in [5.41, 5.74) is 0.944. The standard InChI is InChI=1S/C9H6ClN.C2H5Cl/c10-9-6-5-7-3-1-2-4-8(7)11-9;1-2-3/h1-6H;2H2,1H3. The maximum atomic E-state index is 5.71. The molecule has 0 unspecified atom stereocenters. The molecule has 14 heavy (non-hydrogen) atoms. The van der Waals surface area contributed by atoms with Crippen LogP contribution in [-0.4, -0.2) is 10.9 Å². The average molecular weight is 228 g/mol. The van der Waals surface area contributed by atoms with Crippen LogP contribution >= 0.6 is 23.2 Å². The van der Waals surface area contributed by atoms with E-state index in [-0.39, 0.29) is 0 Å². The zero-order chi connectivity index (χ0) is 10.4. The van der Waals surface area contributed by atoms with Gasteiger partial charge >= 0.3 is 0 Å². The van der Waals surface area contributed by atoms with Gasteiger partial charge in [-0.2, -0.15) is 0 Å². The van der Waals surface area contributed by atoms with Crippen molar-refractivity contribution in [3.05, 3.63) is 41.6 Å². The van der Waals surface area contributed by atoms with Crippen LogP contribution in [0.25, 0.3) is 10.9 Å². The van der Waals surface area contributed by atoms with Gasteiger partial charge in [0.15, 0.2) is 0 Å². The number of aromatic nitrogens is 1. The minimum atomic E-state index is 0.545. The van der Waals surface area contributed by atoms with Gasteiger partial charge < -0.3 is 0 Å². The molecule has 0 saturated carbocycles. The highest BCUT2D eigenvalue weighted by Gasteiger charge is 1.92. The number of pyridine rings is 1. The van der Waals surface area contributed by atoms with Crippen molar-refractivity contribution in [3.8, 4) is 0 Å². The molecular formula is C11H11Cl2N. The molecule has 0 aliphatic rings. The van der Waals surface area contributed by atoms with Crippen molar-refractivity contribution < 1.29 is 0 Å². The van der Waals surface area contributed by atoms with Crippen LogP contribution in [0.1, 0.15) is 6.92 Å². The van der Waals surface area contributed by atoms with Gasteiger partial charge in [0.05, 0.1) is 5.52 Å². The molecule has 0 saturated heterocycles. The summed E-state index contributed by atoms with van der Waals surface area (Å²) in [7, 11) is 0. The zero-order valence-electron chi connectivity index (χ0n) is 7.87. The summed E-state index contributed by atoms with van der Waals surface area (Å²) in [6.45, 7) is 1.89. The third kappa shape index (κ3) is 3.17. The van der Waals surface area contributed by atoms with E-state index in [4.69, 9.17) is 23.2 Å². The van der Waals surface area contributed by atoms with Crippen molar-refractivity contribution in [1.82, 2.24) is 4.98 Å². The van der Waals surface area contributed by atoms with Crippen LogP contribution in [0.5, 0.6) is 0 Å². The second-order valence-corrected chi connectivity index (χ2v) is 3.52. The molecule has 0 N–H and O–H groups in total. The molecule has 0 aliphatic carbocycles. The maximum absolute atomic E-state index is 5.71. The SMILES string of the molecule is CCCl.Clc1ccc2ccccc2n1. The van der Waals surface area contributed by atoms with Gasteiger partial charge in [-0.1, -0.05) is 36.7 Å². The maximum Gasteiger partial charge on any atom is 0.129 e. The third-order valence-electron chi connectivity index (χ3n) is 1.56. The largest absolute Gasteiger partial charge is 0.236 e. The first-order valence-corrected chi connectivity index (χ1v) is 5.26. The normalized spacial score (nSPS) is 9.36. The van der Waals surface area contributed by atoms with Gasteiger partial charge in [0.1, 0.15) is 5.15 Å². The first kappa shape index (κ1) is 11.3. The molecule has 0 bridgehead atoms. The lowest BCUT2D eigenvalue weighted by atomic mass is 10.2. The highest BCUT2D eigenvalue weighted by atomic mass is 35.5. The van der Waals surface area contributed by atoms with Crippen LogP contribution < -0.4 is 0 Å². The summed E-state index contributed by atoms with van der Waals surface area (Å²) < 4.78 is 0. The first-order valence-electron chi connectivity index (χ1n) is 4.35. The summed E-state index contributed by atoms with van der Waals surface area (Å²) in [5.74, 6) is 0.722. The summed E-state index contributed by atoms with van der Waals surface area (Å²) in [4.78, 5) is 4.14. The number of nitrogens with zero attached hydrogens (tertiary/aromatic N) is 1. The fraction of sp³-hybridized carbons (Fsp3) is 0.182. The molecule has 2 aromatic rings. The Bertz CT molecular complexity index is 401. The molecule has 1 nitrogen and oxygen atoms in total. The minimum Gasteiger partial charge on any atom is -0.236 e. The van der Waals surface area contributed by atoms with E-state index in [1.165, 1.54) is 0 Å². The Hall–Kier alpha value is -0.790. The van der Waals surface area contributed by atoms with Crippen molar-refractivity contribution >= 4 is 34.1 Å². The van der Waals surface area contributed by atoms with Gasteiger partial charge in [-0.3, -0.25) is 0 Å². The van der Waals surface area contributed by atoms with E-state index in [2.05, 4.69) is 4.98 Å². The highest BCUT2D eigenvalue weighted by Crippen LogP contribution is 2.13. The molecule has 74 valence electrons. The Morgan fingerprint density at radius 1 is 1.14 bits per heavy atom. The predicted octanol–water partition coefficient (Wildman–Crippen LogP) is 4.13. The van der Waals surface area contributed by atoms with Crippen molar-refractivity contribution in [2.24, 2.45) is 0 Å². The number of alkyl halides is 1. The molecule has 0 atom stereocenters. The Morgan fingerprint density at radius 3 is 2.50 bits per heavy atom. The van der Waals surface area contributed by atoms with Crippen LogP contribution in [-0.2, 0) is 0 Å². The molecule has 2 rings (SSSR count). The van der Waals surface area contributed by atoms with E-state index in [1.54, 1.807) is 6.07 Å². The van der Waals surface area contributed by atoms with Crippen molar-refractivity contribution in [2.75, 3.05) is 5.88 Å². The lowest BCUT2D eigenvalue weighted by molar-refractivity contribution is 1.41. The summed E-state index contributed by atoms with van der Waals surface area (Å²) in [6.07, 6.45) is 0. The van der Waals surface area contributed by atoms with Crippen molar-refractivity contribution in [2.45, 2.75) is 6.92 Å². The van der Waals surface area contributed by atoms with Crippen LogP contribution in [0.15, 0.2) is 36.4 Å². The number of hydrogen-bond acceptors (Lipinski definition) is 1. The Kier molecular flexibility index (Phi) is 4.71. The molecule has 0 amide bonds. The Labute approximate surface area is 93.7 Å². The molecule has 0 fully saturated rings. The Balaban J connectivity index is 0.000000293. The monoisotopic (exact) mass is 227 g/mol. The van der Waals surface area contributed by atoms with E-state index in [9.17, 15) is 0 Å². The average Bonchev–Trinajstić information content (AvgIpc) is 2.19. The number of benzene rings is 1. The third-order valence-corrected chi connectivity index (χ3v) is 1.77. The lowest BCUT2D eigenvalue weighted by Gasteiger charge is -1.94. The second-order valence-electron chi connectivity index (χ2n) is 2.59. The second kappa shape index (κ2) is 5.84. The fourth-order valence-electron chi connectivity index (χ4n) is 1.04. The van der Waals surface area contributed by atoms with Crippen LogP contribution in [0.3, 0.4) is 0 Å². The van der Waals surface area contributed by atoms with Crippen LogP contribution in [0.2, 0.25) is 5.15 Å². The number of hydrogen-bond donors (Lipinski definition) is 0. The highest BCUT2D eigenvalue weighted by molar-refractivity contribution is 6.29. The smallest absolute Gasteiger partial charge is 0.129 e. The van der Waals surface area contributed by atoms with Crippen molar-refractivity contribution in [3.63, 3.8) is 0 Å². The van der Waals surface area contributed by atoms with Gasteiger partial charge in [-0.05, 0) is 18.2 Å². The number of fused-ring (bicyclic) bond motifs is 1. The quantitative estimate of drug-likeness (QED) is 0.488. The molecule has 0 aliphatic heterocycles. The van der Waals surface area contributed by atoms with Gasteiger partial charge in [0.25, 0.3) is 0 Å². The van der Waals surface area contributed by atoms with E-state index in [0.29, 0.717) is 5.15 Å². The van der Waals surface area contributed by atoms with Crippen LogP contribution in [0.4, 0.5) is 0 Å². The molecule has 0 radical (unpaired) electrons. The number of para-hydroxylation sites is 1. The minimum absolute atomic E-state index is 0.545. The van der Waals surface area contributed by atoms with Gasteiger partial charge in [0.2, 0.25) is 0 Å². The van der Waals surface area contributed by atoms with E-state index >= 15 is 0 Å². The van der Waals surface area contributed by atoms with E-state index < -0.39 is 0 Å². The van der Waals surface area contributed by atoms with E-state index in [0.717, 1.165) is 16.8 Å². The fourth-order valence-corrected chi connectivity index (χ4v) is 1.20.